The molecule has 0 N–H and O–H groups in total. The number of anilines is 1. The van der Waals surface area contributed by atoms with Gasteiger partial charge in [0, 0.05) is 20.0 Å². The molecule has 7 nitrogen and oxygen atoms in total. The summed E-state index contributed by atoms with van der Waals surface area (Å²) in [5.74, 6) is 0.416. The van der Waals surface area contributed by atoms with Crippen LogP contribution in [0, 0.1) is 0 Å². The van der Waals surface area contributed by atoms with Crippen molar-refractivity contribution in [2.45, 2.75) is 43.7 Å². The molecule has 1 amide bonds. The number of carbonyl (C=O) groups is 1. The molecule has 3 rings (SSSR count). The first kappa shape index (κ1) is 19.1. The Morgan fingerprint density at radius 1 is 1.27 bits per heavy atom. The van der Waals surface area contributed by atoms with Gasteiger partial charge in [-0.25, -0.2) is 8.42 Å². The second-order valence-electron chi connectivity index (χ2n) is 7.24. The molecule has 1 unspecified atom stereocenters. The maximum Gasteiger partial charge on any atom is 0.243 e. The van der Waals surface area contributed by atoms with Gasteiger partial charge in [0.15, 0.2) is 0 Å². The SMILES string of the molecule is CC(=O)N1CC(C)Oc2ccc(S(=O)(=O)N(C)C3CCN(C)CC3)cc21. The van der Waals surface area contributed by atoms with Gasteiger partial charge in [-0.15, -0.1) is 0 Å². The summed E-state index contributed by atoms with van der Waals surface area (Å²) < 4.78 is 33.5. The summed E-state index contributed by atoms with van der Waals surface area (Å²) in [6.45, 7) is 5.55. The highest BCUT2D eigenvalue weighted by Gasteiger charge is 2.32. The van der Waals surface area contributed by atoms with Crippen LogP contribution in [0.1, 0.15) is 26.7 Å². The Hall–Kier alpha value is -1.64. The molecule has 1 fully saturated rings. The van der Waals surface area contributed by atoms with Crippen molar-refractivity contribution in [2.24, 2.45) is 0 Å². The summed E-state index contributed by atoms with van der Waals surface area (Å²) in [6.07, 6.45) is 1.50. The zero-order valence-electron chi connectivity index (χ0n) is 15.8. The number of fused-ring (bicyclic) bond motifs is 1. The third-order valence-electron chi connectivity index (χ3n) is 5.25. The third-order valence-corrected chi connectivity index (χ3v) is 7.15. The van der Waals surface area contributed by atoms with Crippen molar-refractivity contribution < 1.29 is 17.9 Å². The van der Waals surface area contributed by atoms with Crippen molar-refractivity contribution in [1.29, 1.82) is 0 Å². The van der Waals surface area contributed by atoms with E-state index in [0.29, 0.717) is 18.0 Å². The molecule has 2 aliphatic rings. The number of rotatable bonds is 3. The fourth-order valence-corrected chi connectivity index (χ4v) is 5.03. The number of amides is 1. The molecule has 0 saturated carbocycles. The molecular weight excluding hydrogens is 354 g/mol. The number of hydrogen-bond donors (Lipinski definition) is 0. The van der Waals surface area contributed by atoms with E-state index in [1.165, 1.54) is 11.2 Å². The van der Waals surface area contributed by atoms with Crippen LogP contribution < -0.4 is 9.64 Å². The van der Waals surface area contributed by atoms with Crippen LogP contribution in [0.15, 0.2) is 23.1 Å². The van der Waals surface area contributed by atoms with E-state index in [1.807, 2.05) is 14.0 Å². The van der Waals surface area contributed by atoms with Gasteiger partial charge in [-0.3, -0.25) is 4.79 Å². The fourth-order valence-electron chi connectivity index (χ4n) is 3.60. The number of likely N-dealkylation sites (tertiary alicyclic amines) is 1. The van der Waals surface area contributed by atoms with Gasteiger partial charge in [0.2, 0.25) is 15.9 Å². The van der Waals surface area contributed by atoms with Crippen LogP contribution in [0.5, 0.6) is 5.75 Å². The van der Waals surface area contributed by atoms with Crippen LogP contribution in [0.4, 0.5) is 5.69 Å². The molecule has 1 aromatic carbocycles. The molecule has 2 aliphatic heterocycles. The average molecular weight is 381 g/mol. The maximum atomic E-state index is 13.1. The first-order chi connectivity index (χ1) is 12.2. The maximum absolute atomic E-state index is 13.1. The molecule has 8 heteroatoms. The summed E-state index contributed by atoms with van der Waals surface area (Å²) in [4.78, 5) is 16.0. The molecule has 0 bridgehead atoms. The molecule has 1 aromatic rings. The van der Waals surface area contributed by atoms with Crippen LogP contribution in [0.2, 0.25) is 0 Å². The lowest BCUT2D eigenvalue weighted by molar-refractivity contribution is -0.117. The minimum Gasteiger partial charge on any atom is -0.487 e. The zero-order valence-corrected chi connectivity index (χ0v) is 16.6. The second-order valence-corrected chi connectivity index (χ2v) is 9.24. The predicted octanol–water partition coefficient (Wildman–Crippen LogP) is 1.54. The smallest absolute Gasteiger partial charge is 0.243 e. The summed E-state index contributed by atoms with van der Waals surface area (Å²) in [5.41, 5.74) is 0.522. The lowest BCUT2D eigenvalue weighted by Crippen LogP contribution is -2.44. The zero-order chi connectivity index (χ0) is 19.1. The minimum absolute atomic E-state index is 0.00702. The molecule has 0 spiro atoms. The second kappa shape index (κ2) is 7.17. The normalized spacial score (nSPS) is 22.2. The number of ether oxygens (including phenoxy) is 1. The molecule has 1 atom stereocenters. The van der Waals surface area contributed by atoms with Crippen LogP contribution in [0.25, 0.3) is 0 Å². The largest absolute Gasteiger partial charge is 0.487 e. The Morgan fingerprint density at radius 3 is 2.54 bits per heavy atom. The highest BCUT2D eigenvalue weighted by Crippen LogP contribution is 2.36. The van der Waals surface area contributed by atoms with E-state index in [4.69, 9.17) is 4.74 Å². The summed E-state index contributed by atoms with van der Waals surface area (Å²) in [6, 6.07) is 4.77. The Balaban J connectivity index is 1.91. The van der Waals surface area contributed by atoms with Gasteiger partial charge in [-0.2, -0.15) is 4.31 Å². The van der Waals surface area contributed by atoms with E-state index < -0.39 is 10.0 Å². The van der Waals surface area contributed by atoms with Crippen LogP contribution in [-0.2, 0) is 14.8 Å². The lowest BCUT2D eigenvalue weighted by Gasteiger charge is -2.35. The first-order valence-electron chi connectivity index (χ1n) is 8.95. The molecule has 1 saturated heterocycles. The fraction of sp³-hybridized carbons (Fsp3) is 0.611. The molecule has 144 valence electrons. The van der Waals surface area contributed by atoms with Gasteiger partial charge in [0.1, 0.15) is 11.9 Å². The molecular formula is C18H27N3O4S. The van der Waals surface area contributed by atoms with Gasteiger partial charge in [0.05, 0.1) is 17.1 Å². The highest BCUT2D eigenvalue weighted by molar-refractivity contribution is 7.89. The van der Waals surface area contributed by atoms with Crippen molar-refractivity contribution in [3.8, 4) is 5.75 Å². The summed E-state index contributed by atoms with van der Waals surface area (Å²) in [5, 5.41) is 0. The molecule has 26 heavy (non-hydrogen) atoms. The Labute approximate surface area is 155 Å². The molecule has 0 aromatic heterocycles. The van der Waals surface area contributed by atoms with Crippen molar-refractivity contribution in [3.63, 3.8) is 0 Å². The summed E-state index contributed by atoms with van der Waals surface area (Å²) >= 11 is 0. The molecule has 0 radical (unpaired) electrons. The first-order valence-corrected chi connectivity index (χ1v) is 10.4. The van der Waals surface area contributed by atoms with Crippen molar-refractivity contribution in [2.75, 3.05) is 38.6 Å². The Morgan fingerprint density at radius 2 is 1.92 bits per heavy atom. The minimum atomic E-state index is -3.63. The van der Waals surface area contributed by atoms with Gasteiger partial charge in [-0.1, -0.05) is 0 Å². The number of hydrogen-bond acceptors (Lipinski definition) is 5. The quantitative estimate of drug-likeness (QED) is 0.794. The highest BCUT2D eigenvalue weighted by atomic mass is 32.2. The van der Waals surface area contributed by atoms with E-state index in [1.54, 1.807) is 30.1 Å². The standard InChI is InChI=1S/C18H27N3O4S/c1-13-12-21(14(2)22)17-11-16(5-6-18(17)25-13)26(23,24)20(4)15-7-9-19(3)10-8-15/h5-6,11,13,15H,7-10,12H2,1-4H3. The number of nitrogens with zero attached hydrogens (tertiary/aromatic N) is 3. The van der Waals surface area contributed by atoms with E-state index in [2.05, 4.69) is 4.90 Å². The average Bonchev–Trinajstić information content (AvgIpc) is 2.60. The number of piperidine rings is 1. The molecule has 0 aliphatic carbocycles. The molecule has 2 heterocycles. The number of benzene rings is 1. The van der Waals surface area contributed by atoms with E-state index in [0.717, 1.165) is 25.9 Å². The van der Waals surface area contributed by atoms with Gasteiger partial charge < -0.3 is 14.5 Å². The van der Waals surface area contributed by atoms with E-state index >= 15 is 0 Å². The third kappa shape index (κ3) is 3.58. The van der Waals surface area contributed by atoms with Gasteiger partial charge in [-0.05, 0) is 58.1 Å². The topological polar surface area (TPSA) is 70.2 Å². The van der Waals surface area contributed by atoms with Crippen molar-refractivity contribution in [1.82, 2.24) is 9.21 Å². The van der Waals surface area contributed by atoms with E-state index in [-0.39, 0.29) is 22.9 Å². The number of sulfonamides is 1. The van der Waals surface area contributed by atoms with Crippen LogP contribution in [-0.4, -0.2) is 69.4 Å². The van der Waals surface area contributed by atoms with Crippen LogP contribution in [0.3, 0.4) is 0 Å². The van der Waals surface area contributed by atoms with Crippen molar-refractivity contribution in [3.05, 3.63) is 18.2 Å². The Bertz CT molecular complexity index is 788. The van der Waals surface area contributed by atoms with Gasteiger partial charge >= 0.3 is 0 Å². The number of carbonyl (C=O) groups excluding carboxylic acids is 1. The Kier molecular flexibility index (Phi) is 5.28. The van der Waals surface area contributed by atoms with Crippen LogP contribution >= 0.6 is 0 Å². The monoisotopic (exact) mass is 381 g/mol. The van der Waals surface area contributed by atoms with Gasteiger partial charge in [0.25, 0.3) is 0 Å². The lowest BCUT2D eigenvalue weighted by atomic mass is 10.1. The van der Waals surface area contributed by atoms with Crippen molar-refractivity contribution >= 4 is 21.6 Å². The summed E-state index contributed by atoms with van der Waals surface area (Å²) in [7, 11) is 0.0612. The predicted molar refractivity (Wildman–Crippen MR) is 100 cm³/mol. The van der Waals surface area contributed by atoms with E-state index in [9.17, 15) is 13.2 Å².